The van der Waals surface area contributed by atoms with E-state index >= 15 is 0 Å². The molecule has 0 unspecified atom stereocenters. The van der Waals surface area contributed by atoms with Gasteiger partial charge >= 0.3 is 0 Å². The molecular weight excluding hydrogens is 262 g/mol. The molecule has 1 aliphatic carbocycles. The first-order valence-electron chi connectivity index (χ1n) is 7.92. The number of rotatable bonds is 3. The lowest BCUT2D eigenvalue weighted by molar-refractivity contribution is -0.135. The average Bonchev–Trinajstić information content (AvgIpc) is 2.45. The standard InChI is InChI=1S/C17H25N3O/c1-19(2)15-12-17(13-15)6-9-20(10-7-17)16(21)11-14-5-3-4-8-18-14/h3-5,8,15H,6-7,9-13H2,1-2H3. The van der Waals surface area contributed by atoms with E-state index in [1.54, 1.807) is 6.20 Å². The summed E-state index contributed by atoms with van der Waals surface area (Å²) in [6.07, 6.45) is 7.15. The van der Waals surface area contributed by atoms with Crippen LogP contribution in [0.3, 0.4) is 0 Å². The maximum Gasteiger partial charge on any atom is 0.228 e. The minimum absolute atomic E-state index is 0.229. The van der Waals surface area contributed by atoms with Gasteiger partial charge in [-0.1, -0.05) is 6.07 Å². The molecule has 2 fully saturated rings. The number of carbonyl (C=O) groups excluding carboxylic acids is 1. The minimum Gasteiger partial charge on any atom is -0.342 e. The molecule has 0 aromatic carbocycles. The number of pyridine rings is 1. The van der Waals surface area contributed by atoms with E-state index in [1.165, 1.54) is 25.7 Å². The highest BCUT2D eigenvalue weighted by molar-refractivity contribution is 5.78. The summed E-state index contributed by atoms with van der Waals surface area (Å²) in [4.78, 5) is 20.9. The Morgan fingerprint density at radius 2 is 2.05 bits per heavy atom. The SMILES string of the molecule is CN(C)C1CC2(CCN(C(=O)Cc3ccccn3)CC2)C1. The van der Waals surface area contributed by atoms with Crippen LogP contribution in [0.1, 0.15) is 31.4 Å². The molecule has 1 amide bonds. The Morgan fingerprint density at radius 1 is 1.33 bits per heavy atom. The summed E-state index contributed by atoms with van der Waals surface area (Å²) in [6.45, 7) is 1.84. The molecule has 2 aliphatic rings. The predicted octanol–water partition coefficient (Wildman–Crippen LogP) is 1.96. The molecule has 0 atom stereocenters. The molecule has 1 saturated heterocycles. The van der Waals surface area contributed by atoms with Crippen LogP contribution in [-0.2, 0) is 11.2 Å². The van der Waals surface area contributed by atoms with Gasteiger partial charge in [-0.25, -0.2) is 0 Å². The van der Waals surface area contributed by atoms with Crippen LogP contribution in [0.2, 0.25) is 0 Å². The Balaban J connectivity index is 1.49. The molecule has 1 saturated carbocycles. The number of likely N-dealkylation sites (tertiary alicyclic amines) is 1. The lowest BCUT2D eigenvalue weighted by Crippen LogP contribution is -2.54. The fraction of sp³-hybridized carbons (Fsp3) is 0.647. The Bertz CT molecular complexity index is 484. The van der Waals surface area contributed by atoms with Crippen LogP contribution in [-0.4, -0.2) is 53.9 Å². The maximum absolute atomic E-state index is 12.3. The lowest BCUT2D eigenvalue weighted by Gasteiger charge is -2.54. The van der Waals surface area contributed by atoms with Crippen molar-refractivity contribution in [2.75, 3.05) is 27.2 Å². The van der Waals surface area contributed by atoms with Gasteiger partial charge < -0.3 is 9.80 Å². The summed E-state index contributed by atoms with van der Waals surface area (Å²) < 4.78 is 0. The third-order valence-electron chi connectivity index (χ3n) is 5.30. The fourth-order valence-electron chi connectivity index (χ4n) is 3.71. The van der Waals surface area contributed by atoms with Gasteiger partial charge in [0.05, 0.1) is 6.42 Å². The highest BCUT2D eigenvalue weighted by Crippen LogP contribution is 2.50. The van der Waals surface area contributed by atoms with Crippen molar-refractivity contribution in [2.45, 2.75) is 38.1 Å². The molecule has 1 aliphatic heterocycles. The van der Waals surface area contributed by atoms with Crippen molar-refractivity contribution in [3.63, 3.8) is 0 Å². The summed E-state index contributed by atoms with van der Waals surface area (Å²) in [5.74, 6) is 0.229. The van der Waals surface area contributed by atoms with Gasteiger partial charge in [-0.15, -0.1) is 0 Å². The molecule has 114 valence electrons. The van der Waals surface area contributed by atoms with Gasteiger partial charge in [-0.2, -0.15) is 0 Å². The number of aromatic nitrogens is 1. The number of hydrogen-bond donors (Lipinski definition) is 0. The molecule has 1 aromatic heterocycles. The highest BCUT2D eigenvalue weighted by atomic mass is 16.2. The van der Waals surface area contributed by atoms with E-state index < -0.39 is 0 Å². The van der Waals surface area contributed by atoms with E-state index in [0.29, 0.717) is 11.8 Å². The van der Waals surface area contributed by atoms with Crippen LogP contribution in [0.25, 0.3) is 0 Å². The largest absolute Gasteiger partial charge is 0.342 e. The van der Waals surface area contributed by atoms with E-state index in [1.807, 2.05) is 23.1 Å². The zero-order valence-corrected chi connectivity index (χ0v) is 13.1. The van der Waals surface area contributed by atoms with E-state index in [0.717, 1.165) is 24.8 Å². The Labute approximate surface area is 127 Å². The van der Waals surface area contributed by atoms with E-state index in [2.05, 4.69) is 24.0 Å². The molecule has 1 aromatic rings. The molecule has 4 nitrogen and oxygen atoms in total. The van der Waals surface area contributed by atoms with Crippen LogP contribution in [0.15, 0.2) is 24.4 Å². The van der Waals surface area contributed by atoms with Crippen molar-refractivity contribution in [1.82, 2.24) is 14.8 Å². The van der Waals surface area contributed by atoms with Crippen LogP contribution in [0.4, 0.5) is 0 Å². The second-order valence-electron chi connectivity index (χ2n) is 6.90. The lowest BCUT2D eigenvalue weighted by atomic mass is 9.60. The molecule has 4 heteroatoms. The maximum atomic E-state index is 12.3. The Hall–Kier alpha value is -1.42. The molecule has 3 rings (SSSR count). The summed E-state index contributed by atoms with van der Waals surface area (Å²) in [5.41, 5.74) is 1.40. The van der Waals surface area contributed by atoms with Crippen molar-refractivity contribution in [2.24, 2.45) is 5.41 Å². The van der Waals surface area contributed by atoms with Crippen molar-refractivity contribution >= 4 is 5.91 Å². The first-order valence-corrected chi connectivity index (χ1v) is 7.92. The molecule has 2 heterocycles. The number of hydrogen-bond acceptors (Lipinski definition) is 3. The van der Waals surface area contributed by atoms with Crippen LogP contribution >= 0.6 is 0 Å². The van der Waals surface area contributed by atoms with E-state index in [9.17, 15) is 4.79 Å². The van der Waals surface area contributed by atoms with Gasteiger partial charge in [-0.05, 0) is 57.3 Å². The van der Waals surface area contributed by atoms with Gasteiger partial charge in [0.2, 0.25) is 5.91 Å². The normalized spacial score (nSPS) is 21.6. The van der Waals surface area contributed by atoms with Gasteiger partial charge in [0, 0.05) is 31.0 Å². The summed E-state index contributed by atoms with van der Waals surface area (Å²) in [5, 5.41) is 0. The topological polar surface area (TPSA) is 36.4 Å². The van der Waals surface area contributed by atoms with Gasteiger partial charge in [-0.3, -0.25) is 9.78 Å². The number of amides is 1. The summed E-state index contributed by atoms with van der Waals surface area (Å²) in [7, 11) is 4.34. The third kappa shape index (κ3) is 3.10. The fourth-order valence-corrected chi connectivity index (χ4v) is 3.71. The van der Waals surface area contributed by atoms with Crippen molar-refractivity contribution < 1.29 is 4.79 Å². The monoisotopic (exact) mass is 287 g/mol. The van der Waals surface area contributed by atoms with Crippen LogP contribution < -0.4 is 0 Å². The first-order chi connectivity index (χ1) is 10.1. The zero-order valence-electron chi connectivity index (χ0n) is 13.1. The van der Waals surface area contributed by atoms with Crippen molar-refractivity contribution in [3.8, 4) is 0 Å². The quantitative estimate of drug-likeness (QED) is 0.852. The molecule has 0 bridgehead atoms. The molecular formula is C17H25N3O. The second kappa shape index (κ2) is 5.76. The van der Waals surface area contributed by atoms with Crippen molar-refractivity contribution in [1.29, 1.82) is 0 Å². The first kappa shape index (κ1) is 14.5. The van der Waals surface area contributed by atoms with E-state index in [4.69, 9.17) is 0 Å². The number of piperidine rings is 1. The Morgan fingerprint density at radius 3 is 2.62 bits per heavy atom. The number of carbonyl (C=O) groups is 1. The minimum atomic E-state index is 0.229. The third-order valence-corrected chi connectivity index (χ3v) is 5.30. The summed E-state index contributed by atoms with van der Waals surface area (Å²) >= 11 is 0. The zero-order chi connectivity index (χ0) is 14.9. The van der Waals surface area contributed by atoms with E-state index in [-0.39, 0.29) is 5.91 Å². The van der Waals surface area contributed by atoms with Gasteiger partial charge in [0.1, 0.15) is 0 Å². The molecule has 1 spiro atoms. The van der Waals surface area contributed by atoms with Crippen molar-refractivity contribution in [3.05, 3.63) is 30.1 Å². The van der Waals surface area contributed by atoms with Crippen LogP contribution in [0, 0.1) is 5.41 Å². The predicted molar refractivity (Wildman–Crippen MR) is 82.9 cm³/mol. The molecule has 0 N–H and O–H groups in total. The molecule has 21 heavy (non-hydrogen) atoms. The number of nitrogens with zero attached hydrogens (tertiary/aromatic N) is 3. The molecule has 0 radical (unpaired) electrons. The second-order valence-corrected chi connectivity index (χ2v) is 6.90. The Kier molecular flexibility index (Phi) is 3.98. The average molecular weight is 287 g/mol. The van der Waals surface area contributed by atoms with Gasteiger partial charge in [0.25, 0.3) is 0 Å². The highest BCUT2D eigenvalue weighted by Gasteiger charge is 2.46. The summed E-state index contributed by atoms with van der Waals surface area (Å²) in [6, 6.07) is 6.50. The van der Waals surface area contributed by atoms with Crippen LogP contribution in [0.5, 0.6) is 0 Å². The smallest absolute Gasteiger partial charge is 0.228 e. The van der Waals surface area contributed by atoms with Gasteiger partial charge in [0.15, 0.2) is 0 Å².